The lowest BCUT2D eigenvalue weighted by Crippen LogP contribution is -2.09. The number of fused-ring (bicyclic) bond motifs is 2. The van der Waals surface area contributed by atoms with Gasteiger partial charge in [-0.25, -0.2) is 9.97 Å². The monoisotopic (exact) mass is 862 g/mol. The van der Waals surface area contributed by atoms with E-state index in [1.54, 1.807) is 37.3 Å². The Bertz CT molecular complexity index is 3020. The molecule has 0 amide bonds. The first-order valence-electron chi connectivity index (χ1n) is 19.3. The Labute approximate surface area is 355 Å². The normalized spacial score (nSPS) is 12.2. The maximum Gasteiger partial charge on any atom is 0.416 e. The quantitative estimate of drug-likeness (QED) is 0.0697. The van der Waals surface area contributed by atoms with Crippen molar-refractivity contribution in [2.24, 2.45) is 0 Å². The smallest absolute Gasteiger partial charge is 0.387 e. The van der Waals surface area contributed by atoms with Crippen molar-refractivity contribution in [1.29, 1.82) is 0 Å². The zero-order chi connectivity index (χ0) is 45.2. The summed E-state index contributed by atoms with van der Waals surface area (Å²) in [7, 11) is 0. The molecule has 63 heavy (non-hydrogen) atoms. The van der Waals surface area contributed by atoms with E-state index in [4.69, 9.17) is 0 Å². The van der Waals surface area contributed by atoms with Gasteiger partial charge in [0.05, 0.1) is 34.3 Å². The van der Waals surface area contributed by atoms with E-state index in [0.717, 1.165) is 51.9 Å². The van der Waals surface area contributed by atoms with Gasteiger partial charge < -0.3 is 5.11 Å². The number of aromatic amines is 2. The molecule has 0 saturated heterocycles. The molecule has 320 valence electrons. The number of nitrogens with zero attached hydrogens (tertiary/aromatic N) is 4. The molecule has 8 rings (SSSR count). The van der Waals surface area contributed by atoms with Crippen LogP contribution in [-0.2, 0) is 25.2 Å². The molecule has 0 aliphatic carbocycles. The Balaban J connectivity index is 0.000000189. The standard InChI is InChI=1S/C24H20F3N3O2.C23H16F3N3O2/c1-13-6-7-15(11-21(32)16-4-3-5-17(12-16)24(25,26)27)10-19(13)20-9-8-18-22(14(2)31)29-30-23(18)28-20;1-13-5-6-14(10-21(31)15-3-2-4-16(11-15)23(24,25)26)9-18(13)19-8-7-17-20(12-30)28-29-22(17)27-19/h3-10,12,14,31H,11H2,1-2H3,(H,28,29,30);2-9,11-12H,10H2,1H3,(H,27,28,29). The first-order valence-corrected chi connectivity index (χ1v) is 19.3. The van der Waals surface area contributed by atoms with E-state index in [1.165, 1.54) is 24.3 Å². The summed E-state index contributed by atoms with van der Waals surface area (Å²) in [5.41, 5.74) is 6.08. The molecule has 0 radical (unpaired) electrons. The van der Waals surface area contributed by atoms with Crippen LogP contribution in [0.2, 0.25) is 0 Å². The van der Waals surface area contributed by atoms with E-state index in [-0.39, 0.29) is 24.0 Å². The van der Waals surface area contributed by atoms with Crippen molar-refractivity contribution in [1.82, 2.24) is 30.4 Å². The average Bonchev–Trinajstić information content (AvgIpc) is 3.88. The molecule has 3 N–H and O–H groups in total. The summed E-state index contributed by atoms with van der Waals surface area (Å²) >= 11 is 0. The van der Waals surface area contributed by atoms with Gasteiger partial charge in [0.1, 0.15) is 5.69 Å². The zero-order valence-electron chi connectivity index (χ0n) is 33.7. The number of ketones is 2. The van der Waals surface area contributed by atoms with Crippen molar-refractivity contribution in [3.8, 4) is 22.5 Å². The number of alkyl halides is 6. The molecule has 0 saturated carbocycles. The lowest BCUT2D eigenvalue weighted by atomic mass is 9.96. The van der Waals surface area contributed by atoms with E-state index in [2.05, 4.69) is 30.4 Å². The minimum absolute atomic E-state index is 0.00871. The van der Waals surface area contributed by atoms with Crippen LogP contribution in [0.1, 0.15) is 83.3 Å². The van der Waals surface area contributed by atoms with E-state index < -0.39 is 41.1 Å². The third-order valence-electron chi connectivity index (χ3n) is 10.3. The number of carbonyl (C=O) groups is 3. The van der Waals surface area contributed by atoms with E-state index >= 15 is 0 Å². The lowest BCUT2D eigenvalue weighted by Gasteiger charge is -2.10. The molecule has 1 atom stereocenters. The summed E-state index contributed by atoms with van der Waals surface area (Å²) in [5, 5.41) is 24.7. The molecule has 0 fully saturated rings. The number of halogens is 6. The molecule has 0 aliphatic heterocycles. The van der Waals surface area contributed by atoms with Gasteiger partial charge in [0.25, 0.3) is 0 Å². The highest BCUT2D eigenvalue weighted by atomic mass is 19.4. The maximum atomic E-state index is 13.0. The number of hydrogen-bond acceptors (Lipinski definition) is 8. The number of aldehydes is 1. The van der Waals surface area contributed by atoms with E-state index in [0.29, 0.717) is 56.9 Å². The third kappa shape index (κ3) is 9.76. The number of nitrogens with one attached hydrogen (secondary N) is 2. The average molecular weight is 863 g/mol. The number of Topliss-reactive ketones (excluding diaryl/α,β-unsaturated/α-hetero) is 2. The molecular weight excluding hydrogens is 827 g/mol. The van der Waals surface area contributed by atoms with E-state index in [1.807, 2.05) is 44.2 Å². The largest absolute Gasteiger partial charge is 0.416 e. The number of rotatable bonds is 10. The topological polar surface area (TPSA) is 155 Å². The number of carbonyl (C=O) groups excluding carboxylic acids is 3. The summed E-state index contributed by atoms with van der Waals surface area (Å²) in [6.07, 6.45) is -9.13. The van der Waals surface area contributed by atoms with Crippen LogP contribution in [0.15, 0.2) is 109 Å². The van der Waals surface area contributed by atoms with Gasteiger partial charge in [0.2, 0.25) is 0 Å². The fourth-order valence-corrected chi connectivity index (χ4v) is 6.97. The molecule has 16 heteroatoms. The summed E-state index contributed by atoms with van der Waals surface area (Å²) in [6, 6.07) is 26.8. The molecule has 8 aromatic rings. The van der Waals surface area contributed by atoms with Gasteiger partial charge in [-0.05, 0) is 104 Å². The molecule has 4 aromatic carbocycles. The van der Waals surface area contributed by atoms with Gasteiger partial charge >= 0.3 is 12.4 Å². The first-order chi connectivity index (χ1) is 29.9. The fourth-order valence-electron chi connectivity index (χ4n) is 6.97. The molecule has 0 bridgehead atoms. The van der Waals surface area contributed by atoms with Crippen LogP contribution in [0.25, 0.3) is 44.6 Å². The van der Waals surface area contributed by atoms with Gasteiger partial charge in [-0.15, -0.1) is 0 Å². The maximum absolute atomic E-state index is 13.0. The van der Waals surface area contributed by atoms with Crippen LogP contribution in [0.4, 0.5) is 26.3 Å². The number of H-pyrrole nitrogens is 2. The van der Waals surface area contributed by atoms with Crippen molar-refractivity contribution in [2.75, 3.05) is 0 Å². The van der Waals surface area contributed by atoms with Crippen molar-refractivity contribution < 1.29 is 45.8 Å². The Morgan fingerprint density at radius 3 is 1.56 bits per heavy atom. The molecule has 4 aromatic heterocycles. The third-order valence-corrected chi connectivity index (χ3v) is 10.3. The number of aryl methyl sites for hydroxylation is 2. The summed E-state index contributed by atoms with van der Waals surface area (Å²) in [4.78, 5) is 45.3. The van der Waals surface area contributed by atoms with Gasteiger partial charge in [0.15, 0.2) is 29.1 Å². The zero-order valence-corrected chi connectivity index (χ0v) is 33.7. The molecule has 0 spiro atoms. The minimum atomic E-state index is -4.51. The van der Waals surface area contributed by atoms with Crippen LogP contribution in [-0.4, -0.2) is 53.3 Å². The van der Waals surface area contributed by atoms with Crippen LogP contribution >= 0.6 is 0 Å². The van der Waals surface area contributed by atoms with Crippen LogP contribution < -0.4 is 0 Å². The number of aliphatic hydroxyl groups is 1. The highest BCUT2D eigenvalue weighted by molar-refractivity contribution is 5.99. The van der Waals surface area contributed by atoms with Gasteiger partial charge in [0, 0.05) is 45.9 Å². The van der Waals surface area contributed by atoms with Gasteiger partial charge in [-0.3, -0.25) is 24.6 Å². The number of aliphatic hydroxyl groups excluding tert-OH is 1. The number of pyridine rings is 2. The highest BCUT2D eigenvalue weighted by Gasteiger charge is 2.32. The SMILES string of the molecule is Cc1ccc(CC(=O)c2cccc(C(F)(F)F)c2)cc1-c1ccc2c(C(C)O)[nH]nc2n1.Cc1ccc(CC(=O)c2cccc(C(F)(F)F)c2)cc1-c1ccc2c(C=O)[nH]nc2n1. The van der Waals surface area contributed by atoms with Crippen molar-refractivity contribution in [3.63, 3.8) is 0 Å². The Morgan fingerprint density at radius 2 is 1.10 bits per heavy atom. The van der Waals surface area contributed by atoms with Crippen molar-refractivity contribution >= 4 is 39.9 Å². The van der Waals surface area contributed by atoms with Crippen molar-refractivity contribution in [2.45, 2.75) is 52.1 Å². The fraction of sp³-hybridized carbons (Fsp3) is 0.170. The second-order valence-corrected chi connectivity index (χ2v) is 14.9. The molecule has 1 unspecified atom stereocenters. The summed E-state index contributed by atoms with van der Waals surface area (Å²) < 4.78 is 77.7. The Hall–Kier alpha value is -7.33. The highest BCUT2D eigenvalue weighted by Crippen LogP contribution is 2.33. The second-order valence-electron chi connectivity index (χ2n) is 14.9. The molecule has 0 aliphatic rings. The van der Waals surface area contributed by atoms with Crippen molar-refractivity contribution in [3.05, 3.63) is 165 Å². The van der Waals surface area contributed by atoms with E-state index in [9.17, 15) is 45.8 Å². The lowest BCUT2D eigenvalue weighted by molar-refractivity contribution is -0.138. The Kier molecular flexibility index (Phi) is 12.2. The number of benzene rings is 4. The molecule has 4 heterocycles. The Morgan fingerprint density at radius 1 is 0.635 bits per heavy atom. The predicted molar refractivity (Wildman–Crippen MR) is 223 cm³/mol. The van der Waals surface area contributed by atoms with Gasteiger partial charge in [-0.2, -0.15) is 36.5 Å². The van der Waals surface area contributed by atoms with Crippen LogP contribution in [0, 0.1) is 13.8 Å². The number of hydrogen-bond donors (Lipinski definition) is 3. The van der Waals surface area contributed by atoms with Gasteiger partial charge in [-0.1, -0.05) is 48.5 Å². The molecule has 10 nitrogen and oxygen atoms in total. The second kappa shape index (κ2) is 17.6. The molecular formula is C47H36F6N6O4. The summed E-state index contributed by atoms with van der Waals surface area (Å²) in [6.45, 7) is 5.43. The summed E-state index contributed by atoms with van der Waals surface area (Å²) in [5.74, 6) is -0.810. The van der Waals surface area contributed by atoms with Crippen LogP contribution in [0.5, 0.6) is 0 Å². The number of aromatic nitrogens is 6. The first kappa shape index (κ1) is 43.7. The van der Waals surface area contributed by atoms with Crippen LogP contribution in [0.3, 0.4) is 0 Å². The minimum Gasteiger partial charge on any atom is -0.387 e. The predicted octanol–water partition coefficient (Wildman–Crippen LogP) is 10.6.